The molecule has 0 atom stereocenters. The van der Waals surface area contributed by atoms with E-state index in [-0.39, 0.29) is 11.9 Å². The van der Waals surface area contributed by atoms with Gasteiger partial charge < -0.3 is 20.3 Å². The molecule has 0 saturated carbocycles. The zero-order chi connectivity index (χ0) is 22.1. The Morgan fingerprint density at radius 3 is 2.29 bits per heavy atom. The average Bonchev–Trinajstić information content (AvgIpc) is 3.21. The number of nitrogens with one attached hydrogen (secondary N) is 3. The molecule has 1 heterocycles. The minimum Gasteiger partial charge on any atom is -0.494 e. The van der Waals surface area contributed by atoms with Crippen molar-refractivity contribution >= 4 is 39.7 Å². The fourth-order valence-corrected chi connectivity index (χ4v) is 3.52. The van der Waals surface area contributed by atoms with E-state index in [0.717, 1.165) is 18.7 Å². The van der Waals surface area contributed by atoms with Crippen LogP contribution in [0.4, 0.5) is 21.2 Å². The quantitative estimate of drug-likeness (QED) is 0.412. The minimum atomic E-state index is -0.360. The molecule has 3 rings (SSSR count). The van der Waals surface area contributed by atoms with Crippen molar-refractivity contribution < 1.29 is 14.3 Å². The third-order valence-corrected chi connectivity index (χ3v) is 5.23. The van der Waals surface area contributed by atoms with Gasteiger partial charge in [-0.15, -0.1) is 11.3 Å². The highest BCUT2D eigenvalue weighted by molar-refractivity contribution is 7.18. The van der Waals surface area contributed by atoms with Crippen LogP contribution in [-0.2, 0) is 0 Å². The van der Waals surface area contributed by atoms with Crippen LogP contribution in [0.15, 0.2) is 66.7 Å². The number of thiophene rings is 1. The van der Waals surface area contributed by atoms with Crippen molar-refractivity contribution in [3.05, 3.63) is 71.6 Å². The lowest BCUT2D eigenvalue weighted by atomic mass is 10.3. The molecule has 8 heteroatoms. The van der Waals surface area contributed by atoms with Gasteiger partial charge in [-0.05, 0) is 69.0 Å². The van der Waals surface area contributed by atoms with Crippen LogP contribution in [0.1, 0.15) is 16.1 Å². The van der Waals surface area contributed by atoms with Gasteiger partial charge in [-0.2, -0.15) is 0 Å². The second kappa shape index (κ2) is 11.1. The SMILES string of the molecule is CN(C)CCCOc1ccc(NC(=O)c2ccc(NC(=O)Nc3ccccc3)s2)cc1. The van der Waals surface area contributed by atoms with E-state index in [0.29, 0.717) is 27.9 Å². The van der Waals surface area contributed by atoms with Crippen LogP contribution in [0.2, 0.25) is 0 Å². The molecule has 0 aliphatic heterocycles. The Hall–Kier alpha value is -3.36. The minimum absolute atomic E-state index is 0.235. The van der Waals surface area contributed by atoms with Crippen LogP contribution in [0, 0.1) is 0 Å². The van der Waals surface area contributed by atoms with E-state index in [1.165, 1.54) is 11.3 Å². The van der Waals surface area contributed by atoms with Crippen molar-refractivity contribution in [1.29, 1.82) is 0 Å². The second-order valence-electron chi connectivity index (χ2n) is 7.09. The smallest absolute Gasteiger partial charge is 0.324 e. The van der Waals surface area contributed by atoms with Gasteiger partial charge >= 0.3 is 6.03 Å². The van der Waals surface area contributed by atoms with Gasteiger partial charge in [0.25, 0.3) is 5.91 Å². The summed E-state index contributed by atoms with van der Waals surface area (Å²) >= 11 is 1.21. The van der Waals surface area contributed by atoms with Crippen molar-refractivity contribution in [2.75, 3.05) is 43.2 Å². The lowest BCUT2D eigenvalue weighted by molar-refractivity contribution is 0.103. The maximum atomic E-state index is 12.5. The van der Waals surface area contributed by atoms with Crippen molar-refractivity contribution in [2.45, 2.75) is 6.42 Å². The first-order valence-electron chi connectivity index (χ1n) is 9.91. The summed E-state index contributed by atoms with van der Waals surface area (Å²) in [6, 6.07) is 19.5. The van der Waals surface area contributed by atoms with Crippen LogP contribution >= 0.6 is 11.3 Å². The van der Waals surface area contributed by atoms with Crippen LogP contribution < -0.4 is 20.7 Å². The number of carbonyl (C=O) groups excluding carboxylic acids is 2. The number of ether oxygens (including phenoxy) is 1. The largest absolute Gasteiger partial charge is 0.494 e. The fraction of sp³-hybridized carbons (Fsp3) is 0.217. The van der Waals surface area contributed by atoms with E-state index >= 15 is 0 Å². The molecule has 0 fully saturated rings. The maximum absolute atomic E-state index is 12.5. The summed E-state index contributed by atoms with van der Waals surface area (Å²) in [5.74, 6) is 0.532. The van der Waals surface area contributed by atoms with Crippen LogP contribution in [0.3, 0.4) is 0 Å². The molecule has 3 amide bonds. The number of urea groups is 1. The van der Waals surface area contributed by atoms with Gasteiger partial charge in [0.15, 0.2) is 0 Å². The van der Waals surface area contributed by atoms with Crippen LogP contribution in [0.5, 0.6) is 5.75 Å². The molecular formula is C23H26N4O3S. The number of rotatable bonds is 9. The molecule has 3 N–H and O–H groups in total. The third kappa shape index (κ3) is 7.44. The van der Waals surface area contributed by atoms with Crippen LogP contribution in [-0.4, -0.2) is 44.1 Å². The Morgan fingerprint density at radius 1 is 0.871 bits per heavy atom. The number of anilines is 3. The number of hydrogen-bond donors (Lipinski definition) is 3. The number of carbonyl (C=O) groups is 2. The van der Waals surface area contributed by atoms with Gasteiger partial charge in [0.2, 0.25) is 0 Å². The Bertz CT molecular complexity index is 988. The molecule has 0 radical (unpaired) electrons. The summed E-state index contributed by atoms with van der Waals surface area (Å²) in [4.78, 5) is 27.2. The molecule has 31 heavy (non-hydrogen) atoms. The first-order chi connectivity index (χ1) is 15.0. The predicted molar refractivity (Wildman–Crippen MR) is 126 cm³/mol. The molecule has 0 aliphatic rings. The van der Waals surface area contributed by atoms with Gasteiger partial charge in [-0.3, -0.25) is 10.1 Å². The predicted octanol–water partition coefficient (Wildman–Crippen LogP) is 4.97. The number of amides is 3. The first-order valence-corrected chi connectivity index (χ1v) is 10.7. The van der Waals surface area contributed by atoms with Gasteiger partial charge in [-0.25, -0.2) is 4.79 Å². The molecule has 0 bridgehead atoms. The van der Waals surface area contributed by atoms with Crippen molar-refractivity contribution in [2.24, 2.45) is 0 Å². The number of hydrogen-bond acceptors (Lipinski definition) is 5. The number of nitrogens with zero attached hydrogens (tertiary/aromatic N) is 1. The van der Waals surface area contributed by atoms with E-state index in [4.69, 9.17) is 4.74 Å². The highest BCUT2D eigenvalue weighted by Gasteiger charge is 2.11. The Labute approximate surface area is 186 Å². The third-order valence-electron chi connectivity index (χ3n) is 4.23. The summed E-state index contributed by atoms with van der Waals surface area (Å²) in [6.07, 6.45) is 0.948. The Kier molecular flexibility index (Phi) is 8.03. The molecule has 0 aliphatic carbocycles. The topological polar surface area (TPSA) is 82.7 Å². The first kappa shape index (κ1) is 22.3. The molecule has 0 spiro atoms. The molecule has 162 valence electrons. The average molecular weight is 439 g/mol. The molecule has 2 aromatic carbocycles. The van der Waals surface area contributed by atoms with Crippen LogP contribution in [0.25, 0.3) is 0 Å². The highest BCUT2D eigenvalue weighted by atomic mass is 32.1. The van der Waals surface area contributed by atoms with Crippen molar-refractivity contribution in [3.8, 4) is 5.75 Å². The Balaban J connectivity index is 1.47. The molecule has 0 saturated heterocycles. The highest BCUT2D eigenvalue weighted by Crippen LogP contribution is 2.24. The normalized spacial score (nSPS) is 10.5. The molecule has 7 nitrogen and oxygen atoms in total. The zero-order valence-electron chi connectivity index (χ0n) is 17.6. The van der Waals surface area contributed by atoms with E-state index < -0.39 is 0 Å². The van der Waals surface area contributed by atoms with Gasteiger partial charge in [0.05, 0.1) is 16.5 Å². The summed E-state index contributed by atoms with van der Waals surface area (Å²) in [5.41, 5.74) is 1.37. The lowest BCUT2D eigenvalue weighted by Crippen LogP contribution is -2.18. The van der Waals surface area contributed by atoms with E-state index in [2.05, 4.69) is 20.9 Å². The summed E-state index contributed by atoms with van der Waals surface area (Å²) in [5, 5.41) is 8.92. The second-order valence-corrected chi connectivity index (χ2v) is 8.18. The molecule has 0 unspecified atom stereocenters. The Morgan fingerprint density at radius 2 is 1.58 bits per heavy atom. The summed E-state index contributed by atoms with van der Waals surface area (Å²) in [6.45, 7) is 1.62. The molecular weight excluding hydrogens is 412 g/mol. The van der Waals surface area contributed by atoms with Crippen molar-refractivity contribution in [1.82, 2.24) is 4.90 Å². The number of para-hydroxylation sites is 1. The number of benzene rings is 2. The maximum Gasteiger partial charge on any atom is 0.324 e. The van der Waals surface area contributed by atoms with Gasteiger partial charge in [0.1, 0.15) is 5.75 Å². The van der Waals surface area contributed by atoms with E-state index in [1.807, 2.05) is 44.4 Å². The zero-order valence-corrected chi connectivity index (χ0v) is 18.4. The van der Waals surface area contributed by atoms with E-state index in [9.17, 15) is 9.59 Å². The molecule has 3 aromatic rings. The summed E-state index contributed by atoms with van der Waals surface area (Å²) < 4.78 is 5.70. The monoisotopic (exact) mass is 438 g/mol. The van der Waals surface area contributed by atoms with E-state index in [1.54, 1.807) is 36.4 Å². The van der Waals surface area contributed by atoms with Crippen molar-refractivity contribution in [3.63, 3.8) is 0 Å². The standard InChI is InChI=1S/C23H26N4O3S/c1-27(2)15-6-16-30-19-11-9-18(10-12-19)24-22(28)20-13-14-21(31-20)26-23(29)25-17-7-4-3-5-8-17/h3-5,7-14H,6,15-16H2,1-2H3,(H,24,28)(H2,25,26,29). The van der Waals surface area contributed by atoms with Gasteiger partial charge in [0, 0.05) is 17.9 Å². The van der Waals surface area contributed by atoms with Gasteiger partial charge in [-0.1, -0.05) is 18.2 Å². The summed E-state index contributed by atoms with van der Waals surface area (Å²) in [7, 11) is 4.06. The molecule has 1 aromatic heterocycles. The fourth-order valence-electron chi connectivity index (χ4n) is 2.72. The lowest BCUT2D eigenvalue weighted by Gasteiger charge is -2.11.